The van der Waals surface area contributed by atoms with Crippen LogP contribution in [-0.4, -0.2) is 33.8 Å². The Morgan fingerprint density at radius 3 is 2.67 bits per heavy atom. The number of ether oxygens (including phenoxy) is 1. The van der Waals surface area contributed by atoms with Gasteiger partial charge in [0.1, 0.15) is 17.6 Å². The number of nitrogens with zero attached hydrogens (tertiary/aromatic N) is 5. The standard InChI is InChI=1S/C20H15ClN6O3S3/c1-27-16(7-8-23-27)15-10-13(21)3-5-18(15)30-17-6-4-14(9-12(17)11-22)33(28,29)26-19-24-20(31-2)32-25-19/h3-10H,1-2H3,(H,25,26). The van der Waals surface area contributed by atoms with E-state index in [0.717, 1.165) is 17.2 Å². The number of hydrogen-bond acceptors (Lipinski definition) is 9. The minimum atomic E-state index is -4.00. The molecule has 13 heteroatoms. The molecule has 0 aliphatic carbocycles. The van der Waals surface area contributed by atoms with Gasteiger partial charge in [-0.3, -0.25) is 4.68 Å². The van der Waals surface area contributed by atoms with Gasteiger partial charge in [0.05, 0.1) is 16.2 Å². The molecule has 0 aliphatic rings. The molecule has 0 saturated heterocycles. The zero-order chi connectivity index (χ0) is 23.6. The average molecular weight is 519 g/mol. The summed E-state index contributed by atoms with van der Waals surface area (Å²) in [6.07, 6.45) is 3.46. The summed E-state index contributed by atoms with van der Waals surface area (Å²) in [6.45, 7) is 0. The van der Waals surface area contributed by atoms with Crippen LogP contribution in [0.1, 0.15) is 5.56 Å². The highest BCUT2D eigenvalue weighted by Crippen LogP contribution is 2.36. The Hall–Kier alpha value is -3.11. The summed E-state index contributed by atoms with van der Waals surface area (Å²) in [7, 11) is -2.21. The molecule has 0 radical (unpaired) electrons. The van der Waals surface area contributed by atoms with Crippen molar-refractivity contribution < 1.29 is 13.2 Å². The van der Waals surface area contributed by atoms with Gasteiger partial charge in [0.15, 0.2) is 4.34 Å². The van der Waals surface area contributed by atoms with E-state index in [2.05, 4.69) is 19.2 Å². The average Bonchev–Trinajstić information content (AvgIpc) is 3.43. The Kier molecular flexibility index (Phi) is 6.57. The minimum absolute atomic E-state index is 0.0230. The first kappa shape index (κ1) is 23.1. The van der Waals surface area contributed by atoms with Crippen LogP contribution in [0.15, 0.2) is 57.9 Å². The van der Waals surface area contributed by atoms with E-state index in [1.165, 1.54) is 30.0 Å². The van der Waals surface area contributed by atoms with E-state index in [-0.39, 0.29) is 22.2 Å². The Labute approximate surface area is 203 Å². The first-order valence-corrected chi connectivity index (χ1v) is 13.1. The molecule has 4 aromatic rings. The molecule has 2 heterocycles. The minimum Gasteiger partial charge on any atom is -0.455 e. The van der Waals surface area contributed by atoms with Crippen molar-refractivity contribution in [2.75, 3.05) is 11.0 Å². The van der Waals surface area contributed by atoms with Crippen LogP contribution in [0.5, 0.6) is 11.5 Å². The summed E-state index contributed by atoms with van der Waals surface area (Å²) in [6, 6.07) is 12.9. The first-order chi connectivity index (χ1) is 15.8. The van der Waals surface area contributed by atoms with Gasteiger partial charge in [-0.2, -0.15) is 19.7 Å². The van der Waals surface area contributed by atoms with E-state index in [1.54, 1.807) is 42.2 Å². The van der Waals surface area contributed by atoms with Gasteiger partial charge in [-0.1, -0.05) is 23.4 Å². The van der Waals surface area contributed by atoms with Crippen LogP contribution in [0.25, 0.3) is 11.3 Å². The number of aromatic nitrogens is 4. The maximum absolute atomic E-state index is 12.8. The molecule has 0 saturated carbocycles. The van der Waals surface area contributed by atoms with E-state index >= 15 is 0 Å². The lowest BCUT2D eigenvalue weighted by Gasteiger charge is -2.14. The number of rotatable bonds is 7. The predicted molar refractivity (Wildman–Crippen MR) is 127 cm³/mol. The van der Waals surface area contributed by atoms with E-state index in [4.69, 9.17) is 16.3 Å². The second-order valence-electron chi connectivity index (χ2n) is 6.55. The smallest absolute Gasteiger partial charge is 0.264 e. The topological polar surface area (TPSA) is 123 Å². The molecule has 2 aromatic carbocycles. The summed E-state index contributed by atoms with van der Waals surface area (Å²) in [4.78, 5) is 3.96. The molecule has 0 atom stereocenters. The maximum Gasteiger partial charge on any atom is 0.264 e. The summed E-state index contributed by atoms with van der Waals surface area (Å²) in [5, 5.41) is 14.3. The molecule has 0 spiro atoms. The second-order valence-corrected chi connectivity index (χ2v) is 10.5. The fourth-order valence-electron chi connectivity index (χ4n) is 2.91. The van der Waals surface area contributed by atoms with E-state index in [0.29, 0.717) is 20.7 Å². The molecule has 0 fully saturated rings. The lowest BCUT2D eigenvalue weighted by molar-refractivity contribution is 0.481. The Balaban J connectivity index is 1.66. The van der Waals surface area contributed by atoms with Crippen LogP contribution < -0.4 is 9.46 Å². The molecule has 0 bridgehead atoms. The van der Waals surface area contributed by atoms with Crippen LogP contribution in [0.4, 0.5) is 5.95 Å². The molecule has 0 amide bonds. The summed E-state index contributed by atoms with van der Waals surface area (Å²) >= 11 is 8.62. The zero-order valence-electron chi connectivity index (χ0n) is 17.2. The first-order valence-electron chi connectivity index (χ1n) is 9.21. The SMILES string of the molecule is CSc1nc(NS(=O)(=O)c2ccc(Oc3ccc(Cl)cc3-c3ccnn3C)c(C#N)c2)ns1. The third-order valence-corrected chi connectivity index (χ3v) is 7.68. The number of anilines is 1. The highest BCUT2D eigenvalue weighted by molar-refractivity contribution is 8.00. The van der Waals surface area contributed by atoms with Gasteiger partial charge in [-0.05, 0) is 60.3 Å². The zero-order valence-corrected chi connectivity index (χ0v) is 20.4. The maximum atomic E-state index is 12.8. The van der Waals surface area contributed by atoms with Gasteiger partial charge in [-0.25, -0.2) is 13.1 Å². The largest absolute Gasteiger partial charge is 0.455 e. The number of benzene rings is 2. The quantitative estimate of drug-likeness (QED) is 0.347. The Morgan fingerprint density at radius 1 is 1.21 bits per heavy atom. The van der Waals surface area contributed by atoms with Crippen molar-refractivity contribution in [2.45, 2.75) is 9.24 Å². The Bertz CT molecular complexity index is 1480. The van der Waals surface area contributed by atoms with E-state index in [1.807, 2.05) is 12.3 Å². The van der Waals surface area contributed by atoms with Gasteiger partial charge >= 0.3 is 0 Å². The highest BCUT2D eigenvalue weighted by Gasteiger charge is 2.20. The highest BCUT2D eigenvalue weighted by atomic mass is 35.5. The lowest BCUT2D eigenvalue weighted by Crippen LogP contribution is -2.14. The van der Waals surface area contributed by atoms with Crippen molar-refractivity contribution in [3.05, 3.63) is 59.2 Å². The van der Waals surface area contributed by atoms with Crippen molar-refractivity contribution in [3.63, 3.8) is 0 Å². The number of nitriles is 1. The molecule has 2 aromatic heterocycles. The normalized spacial score (nSPS) is 11.2. The van der Waals surface area contributed by atoms with Crippen LogP contribution in [-0.2, 0) is 17.1 Å². The Morgan fingerprint density at radius 2 is 2.00 bits per heavy atom. The molecular weight excluding hydrogens is 504 g/mol. The monoisotopic (exact) mass is 518 g/mol. The molecular formula is C20H15ClN6O3S3. The summed E-state index contributed by atoms with van der Waals surface area (Å²) in [5.74, 6) is 0.605. The molecule has 0 aliphatic heterocycles. The van der Waals surface area contributed by atoms with Gasteiger partial charge in [-0.15, -0.1) is 0 Å². The molecule has 33 heavy (non-hydrogen) atoms. The number of halogens is 1. The van der Waals surface area contributed by atoms with Crippen molar-refractivity contribution in [1.29, 1.82) is 5.26 Å². The summed E-state index contributed by atoms with van der Waals surface area (Å²) in [5.41, 5.74) is 1.47. The number of thioether (sulfide) groups is 1. The second kappa shape index (κ2) is 9.40. The predicted octanol–water partition coefficient (Wildman–Crippen LogP) is 4.78. The molecule has 4 rings (SSSR count). The molecule has 0 unspecified atom stereocenters. The molecule has 1 N–H and O–H groups in total. The van der Waals surface area contributed by atoms with Crippen LogP contribution in [0.3, 0.4) is 0 Å². The number of nitrogens with one attached hydrogen (secondary N) is 1. The van der Waals surface area contributed by atoms with E-state index in [9.17, 15) is 13.7 Å². The van der Waals surface area contributed by atoms with Gasteiger partial charge in [0.25, 0.3) is 10.0 Å². The van der Waals surface area contributed by atoms with Gasteiger partial charge < -0.3 is 4.74 Å². The fourth-order valence-corrected chi connectivity index (χ4v) is 5.08. The van der Waals surface area contributed by atoms with Crippen molar-refractivity contribution >= 4 is 50.9 Å². The molecule has 9 nitrogen and oxygen atoms in total. The van der Waals surface area contributed by atoms with Crippen LogP contribution >= 0.6 is 34.9 Å². The van der Waals surface area contributed by atoms with Crippen LogP contribution in [0.2, 0.25) is 5.02 Å². The van der Waals surface area contributed by atoms with Crippen LogP contribution in [0, 0.1) is 11.3 Å². The third-order valence-electron chi connectivity index (χ3n) is 4.45. The molecule has 168 valence electrons. The summed E-state index contributed by atoms with van der Waals surface area (Å²) < 4.78 is 40.1. The lowest BCUT2D eigenvalue weighted by atomic mass is 10.1. The van der Waals surface area contributed by atoms with Gasteiger partial charge in [0.2, 0.25) is 5.95 Å². The number of sulfonamides is 1. The number of hydrogen-bond donors (Lipinski definition) is 1. The van der Waals surface area contributed by atoms with Gasteiger partial charge in [0, 0.05) is 23.8 Å². The van der Waals surface area contributed by atoms with Crippen molar-refractivity contribution in [3.8, 4) is 28.8 Å². The number of aryl methyl sites for hydroxylation is 1. The van der Waals surface area contributed by atoms with Crippen molar-refractivity contribution in [2.24, 2.45) is 7.05 Å². The fraction of sp³-hybridized carbons (Fsp3) is 0.100. The van der Waals surface area contributed by atoms with Crippen molar-refractivity contribution in [1.82, 2.24) is 19.1 Å². The van der Waals surface area contributed by atoms with E-state index < -0.39 is 10.0 Å². The third kappa shape index (κ3) is 4.96.